The fourth-order valence-electron chi connectivity index (χ4n) is 3.09. The molecule has 8 nitrogen and oxygen atoms in total. The molecule has 1 aromatic heterocycles. The van der Waals surface area contributed by atoms with Crippen molar-refractivity contribution in [1.29, 1.82) is 0 Å². The number of pyridine rings is 1. The Morgan fingerprint density at radius 1 is 1.09 bits per heavy atom. The van der Waals surface area contributed by atoms with Gasteiger partial charge in [-0.2, -0.15) is 0 Å². The predicted molar refractivity (Wildman–Crippen MR) is 124 cm³/mol. The van der Waals surface area contributed by atoms with Gasteiger partial charge in [0.15, 0.2) is 0 Å². The van der Waals surface area contributed by atoms with Crippen molar-refractivity contribution in [2.24, 2.45) is 0 Å². The first-order valence-electron chi connectivity index (χ1n) is 10.3. The van der Waals surface area contributed by atoms with Crippen molar-refractivity contribution >= 4 is 23.0 Å². The van der Waals surface area contributed by atoms with Crippen molar-refractivity contribution in [3.05, 3.63) is 93.8 Å². The molecule has 0 radical (unpaired) electrons. The van der Waals surface area contributed by atoms with E-state index in [4.69, 9.17) is 4.74 Å². The number of ether oxygens (including phenoxy) is 1. The van der Waals surface area contributed by atoms with Crippen molar-refractivity contribution in [2.75, 3.05) is 10.6 Å². The predicted octanol–water partition coefficient (Wildman–Crippen LogP) is 5.34. The lowest BCUT2D eigenvalue weighted by molar-refractivity contribution is -0.384. The Hall–Kier alpha value is -3.78. The second-order valence-corrected chi connectivity index (χ2v) is 7.62. The molecule has 2 N–H and O–H groups in total. The molecule has 1 amide bonds. The number of aromatic nitrogens is 1. The van der Waals surface area contributed by atoms with Gasteiger partial charge in [-0.25, -0.2) is 0 Å². The van der Waals surface area contributed by atoms with Crippen LogP contribution in [0.5, 0.6) is 0 Å². The van der Waals surface area contributed by atoms with Crippen LogP contribution in [-0.4, -0.2) is 21.9 Å². The van der Waals surface area contributed by atoms with Gasteiger partial charge in [-0.3, -0.25) is 19.9 Å². The minimum atomic E-state index is -0.506. The second-order valence-electron chi connectivity index (χ2n) is 7.62. The lowest BCUT2D eigenvalue weighted by atomic mass is 10.1. The maximum absolute atomic E-state index is 12.7. The van der Waals surface area contributed by atoms with Gasteiger partial charge < -0.3 is 15.4 Å². The number of nitro groups is 1. The van der Waals surface area contributed by atoms with Gasteiger partial charge in [-0.1, -0.05) is 18.2 Å². The minimum Gasteiger partial charge on any atom is -0.374 e. The Balaban J connectivity index is 1.75. The molecule has 166 valence electrons. The molecule has 0 aliphatic carbocycles. The van der Waals surface area contributed by atoms with Crippen LogP contribution < -0.4 is 10.6 Å². The molecule has 0 bridgehead atoms. The van der Waals surface area contributed by atoms with E-state index in [1.807, 2.05) is 51.1 Å². The van der Waals surface area contributed by atoms with E-state index < -0.39 is 10.8 Å². The van der Waals surface area contributed by atoms with E-state index in [0.29, 0.717) is 18.0 Å². The number of carbonyl (C=O) groups is 1. The highest BCUT2D eigenvalue weighted by molar-refractivity contribution is 6.05. The largest absolute Gasteiger partial charge is 0.374 e. The molecular formula is C24H26N4O4. The van der Waals surface area contributed by atoms with Gasteiger partial charge in [0, 0.05) is 23.5 Å². The van der Waals surface area contributed by atoms with E-state index in [1.165, 1.54) is 6.07 Å². The van der Waals surface area contributed by atoms with Crippen molar-refractivity contribution < 1.29 is 14.5 Å². The number of carbonyl (C=O) groups excluding carboxylic acids is 1. The summed E-state index contributed by atoms with van der Waals surface area (Å²) in [6.07, 6.45) is 1.76. The van der Waals surface area contributed by atoms with Crippen LogP contribution in [0.3, 0.4) is 0 Å². The normalized spacial score (nSPS) is 11.8. The number of benzene rings is 2. The van der Waals surface area contributed by atoms with Crippen molar-refractivity contribution in [2.45, 2.75) is 39.5 Å². The van der Waals surface area contributed by atoms with Crippen LogP contribution in [0.4, 0.5) is 17.1 Å². The summed E-state index contributed by atoms with van der Waals surface area (Å²) in [6, 6.07) is 16.9. The number of anilines is 2. The van der Waals surface area contributed by atoms with Crippen LogP contribution in [0.2, 0.25) is 0 Å². The maximum atomic E-state index is 12.7. The Morgan fingerprint density at radius 2 is 1.91 bits per heavy atom. The molecule has 0 aliphatic heterocycles. The average molecular weight is 434 g/mol. The van der Waals surface area contributed by atoms with Gasteiger partial charge in [-0.05, 0) is 62.7 Å². The summed E-state index contributed by atoms with van der Waals surface area (Å²) >= 11 is 0. The Labute approximate surface area is 186 Å². The smallest absolute Gasteiger partial charge is 0.293 e. The quantitative estimate of drug-likeness (QED) is 0.348. The van der Waals surface area contributed by atoms with Gasteiger partial charge in [0.1, 0.15) is 5.69 Å². The topological polar surface area (TPSA) is 106 Å². The fourth-order valence-corrected chi connectivity index (χ4v) is 3.09. The van der Waals surface area contributed by atoms with Gasteiger partial charge in [0.05, 0.1) is 29.4 Å². The van der Waals surface area contributed by atoms with Crippen LogP contribution in [0.15, 0.2) is 66.9 Å². The molecular weight excluding hydrogens is 408 g/mol. The number of hydrogen-bond acceptors (Lipinski definition) is 6. The fraction of sp³-hybridized carbons (Fsp3) is 0.250. The van der Waals surface area contributed by atoms with Crippen molar-refractivity contribution in [1.82, 2.24) is 4.98 Å². The standard InChI is InChI=1S/C24H26N4O4/c1-16(2)32-15-18-7-6-8-20(13-18)27-24(29)19-10-11-22(23(14-19)28(30)31)26-17(3)21-9-4-5-12-25-21/h4-14,16-17,26H,15H2,1-3H3,(H,27,29). The first-order chi connectivity index (χ1) is 15.3. The summed E-state index contributed by atoms with van der Waals surface area (Å²) in [5.41, 5.74) is 2.59. The summed E-state index contributed by atoms with van der Waals surface area (Å²) in [4.78, 5) is 28.1. The van der Waals surface area contributed by atoms with Crippen LogP contribution in [0, 0.1) is 10.1 Å². The van der Waals surface area contributed by atoms with Gasteiger partial charge in [0.25, 0.3) is 11.6 Å². The third-order valence-electron chi connectivity index (χ3n) is 4.73. The van der Waals surface area contributed by atoms with Crippen LogP contribution >= 0.6 is 0 Å². The number of rotatable bonds is 9. The first kappa shape index (κ1) is 22.9. The molecule has 0 spiro atoms. The molecule has 32 heavy (non-hydrogen) atoms. The monoisotopic (exact) mass is 434 g/mol. The Bertz CT molecular complexity index is 1090. The van der Waals surface area contributed by atoms with E-state index in [1.54, 1.807) is 30.5 Å². The number of nitrogens with one attached hydrogen (secondary N) is 2. The zero-order chi connectivity index (χ0) is 23.1. The molecule has 1 unspecified atom stereocenters. The number of amides is 1. The van der Waals surface area contributed by atoms with Crippen LogP contribution in [0.1, 0.15) is 48.4 Å². The average Bonchev–Trinajstić information content (AvgIpc) is 2.78. The molecule has 8 heteroatoms. The van der Waals surface area contributed by atoms with Gasteiger partial charge >= 0.3 is 0 Å². The molecule has 0 saturated heterocycles. The van der Waals surface area contributed by atoms with E-state index in [9.17, 15) is 14.9 Å². The SMILES string of the molecule is CC(C)OCc1cccc(NC(=O)c2ccc(NC(C)c3ccccn3)c([N+](=O)[O-])c2)c1. The highest BCUT2D eigenvalue weighted by atomic mass is 16.6. The van der Waals surface area contributed by atoms with Gasteiger partial charge in [-0.15, -0.1) is 0 Å². The molecule has 0 fully saturated rings. The highest BCUT2D eigenvalue weighted by Gasteiger charge is 2.20. The van der Waals surface area contributed by atoms with E-state index in [0.717, 1.165) is 11.3 Å². The molecule has 1 heterocycles. The number of nitrogens with zero attached hydrogens (tertiary/aromatic N) is 2. The Kier molecular flexibility index (Phi) is 7.51. The molecule has 2 aromatic carbocycles. The first-order valence-corrected chi connectivity index (χ1v) is 10.3. The van der Waals surface area contributed by atoms with E-state index in [2.05, 4.69) is 15.6 Å². The van der Waals surface area contributed by atoms with Crippen molar-refractivity contribution in [3.8, 4) is 0 Å². The third kappa shape index (κ3) is 6.12. The highest BCUT2D eigenvalue weighted by Crippen LogP contribution is 2.29. The van der Waals surface area contributed by atoms with E-state index in [-0.39, 0.29) is 23.4 Å². The zero-order valence-electron chi connectivity index (χ0n) is 18.2. The molecule has 3 aromatic rings. The summed E-state index contributed by atoms with van der Waals surface area (Å²) < 4.78 is 5.59. The molecule has 0 aliphatic rings. The van der Waals surface area contributed by atoms with E-state index >= 15 is 0 Å². The lowest BCUT2D eigenvalue weighted by Crippen LogP contribution is -2.14. The molecule has 3 rings (SSSR count). The lowest BCUT2D eigenvalue weighted by Gasteiger charge is -2.15. The van der Waals surface area contributed by atoms with Gasteiger partial charge in [0.2, 0.25) is 0 Å². The maximum Gasteiger partial charge on any atom is 0.293 e. The molecule has 1 atom stereocenters. The summed E-state index contributed by atoms with van der Waals surface area (Å²) in [6.45, 7) is 6.20. The Morgan fingerprint density at radius 3 is 2.59 bits per heavy atom. The summed E-state index contributed by atoms with van der Waals surface area (Å²) in [5, 5.41) is 17.5. The van der Waals surface area contributed by atoms with Crippen LogP contribution in [0.25, 0.3) is 0 Å². The van der Waals surface area contributed by atoms with Crippen molar-refractivity contribution in [3.63, 3.8) is 0 Å². The number of nitro benzene ring substituents is 1. The summed E-state index contributed by atoms with van der Waals surface area (Å²) in [7, 11) is 0. The minimum absolute atomic E-state index is 0.0984. The zero-order valence-corrected chi connectivity index (χ0v) is 18.2. The number of hydrogen-bond donors (Lipinski definition) is 2. The summed E-state index contributed by atoms with van der Waals surface area (Å²) in [5.74, 6) is -0.431. The molecule has 0 saturated carbocycles. The third-order valence-corrected chi connectivity index (χ3v) is 4.73. The second kappa shape index (κ2) is 10.5. The van der Waals surface area contributed by atoms with Crippen LogP contribution in [-0.2, 0) is 11.3 Å².